The van der Waals surface area contributed by atoms with Gasteiger partial charge >= 0.3 is 6.09 Å². The quantitative estimate of drug-likeness (QED) is 0.523. The summed E-state index contributed by atoms with van der Waals surface area (Å²) in [4.78, 5) is 40.6. The Balaban J connectivity index is 1.94. The Hall–Kier alpha value is -3.78. The second-order valence-electron chi connectivity index (χ2n) is 9.60. The van der Waals surface area contributed by atoms with Gasteiger partial charge in [-0.15, -0.1) is 0 Å². The van der Waals surface area contributed by atoms with Crippen molar-refractivity contribution in [3.05, 3.63) is 76.9 Å². The fourth-order valence-electron chi connectivity index (χ4n) is 3.68. The van der Waals surface area contributed by atoms with Crippen LogP contribution in [0.4, 0.5) is 4.79 Å². The Morgan fingerprint density at radius 3 is 2.62 bits per heavy atom. The van der Waals surface area contributed by atoms with Crippen molar-refractivity contribution in [3.8, 4) is 11.3 Å². The lowest BCUT2D eigenvalue weighted by Crippen LogP contribution is -2.46. The number of allylic oxidation sites excluding steroid dienone is 2. The predicted molar refractivity (Wildman–Crippen MR) is 147 cm³/mol. The number of nitrogens with one attached hydrogen (secondary N) is 1. The van der Waals surface area contributed by atoms with E-state index in [0.29, 0.717) is 33.4 Å². The van der Waals surface area contributed by atoms with E-state index in [4.69, 9.17) is 16.3 Å². The molecule has 0 radical (unpaired) electrons. The second kappa shape index (κ2) is 11.5. The molecular weight excluding hydrogens is 490 g/mol. The Morgan fingerprint density at radius 2 is 2.03 bits per heavy atom. The molecule has 1 aliphatic heterocycles. The van der Waals surface area contributed by atoms with Gasteiger partial charge in [0.25, 0.3) is 5.91 Å². The molecule has 1 N–H and O–H groups in total. The molecule has 0 spiro atoms. The number of carbonyl (C=O) groups excluding carboxylic acids is 2. The van der Waals surface area contributed by atoms with E-state index in [-0.39, 0.29) is 19.0 Å². The van der Waals surface area contributed by atoms with Gasteiger partial charge in [-0.25, -0.2) is 14.8 Å². The summed E-state index contributed by atoms with van der Waals surface area (Å²) in [5.41, 5.74) is 3.93. The van der Waals surface area contributed by atoms with Gasteiger partial charge in [-0.1, -0.05) is 36.4 Å². The van der Waals surface area contributed by atoms with Gasteiger partial charge in [-0.05, 0) is 53.7 Å². The van der Waals surface area contributed by atoms with Gasteiger partial charge in [0.15, 0.2) is 0 Å². The van der Waals surface area contributed by atoms with Crippen LogP contribution in [0, 0.1) is 6.92 Å². The molecule has 1 aromatic carbocycles. The number of aromatic nitrogens is 2. The molecule has 0 aliphatic carbocycles. The van der Waals surface area contributed by atoms with Crippen LogP contribution in [0.5, 0.6) is 0 Å². The summed E-state index contributed by atoms with van der Waals surface area (Å²) < 4.78 is 5.30. The minimum atomic E-state index is -0.626. The topological polar surface area (TPSA) is 96.8 Å². The highest BCUT2D eigenvalue weighted by molar-refractivity contribution is 6.37. The number of aryl methyl sites for hydroxylation is 1. The number of aliphatic imine (C=N–C) groups is 1. The van der Waals surface area contributed by atoms with E-state index >= 15 is 0 Å². The maximum atomic E-state index is 13.7. The number of hydrogen-bond donors (Lipinski definition) is 1. The van der Waals surface area contributed by atoms with Crippen LogP contribution in [0.25, 0.3) is 16.8 Å². The van der Waals surface area contributed by atoms with Crippen molar-refractivity contribution in [2.75, 3.05) is 13.1 Å². The summed E-state index contributed by atoms with van der Waals surface area (Å²) in [7, 11) is 0. The summed E-state index contributed by atoms with van der Waals surface area (Å²) in [6.45, 7) is 15.1. The third-order valence-corrected chi connectivity index (χ3v) is 5.52. The molecule has 1 aliphatic rings. The number of hydrogen-bond acceptors (Lipinski definition) is 6. The number of carbonyl (C=O) groups is 2. The van der Waals surface area contributed by atoms with Crippen LogP contribution in [-0.4, -0.2) is 51.4 Å². The smallest absolute Gasteiger partial charge is 0.407 e. The largest absolute Gasteiger partial charge is 0.444 e. The van der Waals surface area contributed by atoms with E-state index in [1.807, 2.05) is 26.0 Å². The molecule has 0 saturated heterocycles. The number of ether oxygens (including phenoxy) is 1. The highest BCUT2D eigenvalue weighted by atomic mass is 35.5. The van der Waals surface area contributed by atoms with Crippen LogP contribution < -0.4 is 5.32 Å². The third-order valence-electron chi connectivity index (χ3n) is 5.21. The first-order valence-electron chi connectivity index (χ1n) is 11.9. The van der Waals surface area contributed by atoms with Gasteiger partial charge in [-0.3, -0.25) is 14.7 Å². The second-order valence-corrected chi connectivity index (χ2v) is 10.0. The molecule has 1 aromatic heterocycles. The average Bonchev–Trinajstić information content (AvgIpc) is 2.80. The van der Waals surface area contributed by atoms with Crippen LogP contribution in [0.1, 0.15) is 45.9 Å². The van der Waals surface area contributed by atoms with Crippen LogP contribution in [0.15, 0.2) is 65.6 Å². The first-order valence-corrected chi connectivity index (χ1v) is 12.3. The molecule has 0 bridgehead atoms. The molecule has 2 heterocycles. The highest BCUT2D eigenvalue weighted by Crippen LogP contribution is 2.33. The summed E-state index contributed by atoms with van der Waals surface area (Å²) in [6, 6.07) is 5.44. The summed E-state index contributed by atoms with van der Waals surface area (Å²) in [5, 5.41) is 3.11. The Bertz CT molecular complexity index is 1320. The highest BCUT2D eigenvalue weighted by Gasteiger charge is 2.31. The van der Waals surface area contributed by atoms with Crippen molar-refractivity contribution < 1.29 is 14.3 Å². The van der Waals surface area contributed by atoms with E-state index in [1.165, 1.54) is 4.90 Å². The van der Waals surface area contributed by atoms with Crippen molar-refractivity contribution in [1.29, 1.82) is 0 Å². The van der Waals surface area contributed by atoms with Crippen LogP contribution in [-0.2, 0) is 9.53 Å². The zero-order valence-electron chi connectivity index (χ0n) is 22.1. The van der Waals surface area contributed by atoms with Crippen molar-refractivity contribution in [2.45, 2.75) is 47.1 Å². The first kappa shape index (κ1) is 27.8. The van der Waals surface area contributed by atoms with Crippen LogP contribution in [0.3, 0.4) is 0 Å². The molecule has 8 nitrogen and oxygen atoms in total. The third kappa shape index (κ3) is 7.13. The molecule has 3 rings (SSSR count). The van der Waals surface area contributed by atoms with E-state index in [0.717, 1.165) is 16.8 Å². The fraction of sp³-hybridized carbons (Fsp3) is 0.321. The number of rotatable bonds is 6. The van der Waals surface area contributed by atoms with Crippen molar-refractivity contribution in [1.82, 2.24) is 20.2 Å². The van der Waals surface area contributed by atoms with E-state index in [9.17, 15) is 9.59 Å². The van der Waals surface area contributed by atoms with Gasteiger partial charge in [0.1, 0.15) is 11.4 Å². The fourth-order valence-corrected chi connectivity index (χ4v) is 3.96. The molecule has 9 heteroatoms. The lowest BCUT2D eigenvalue weighted by Gasteiger charge is -2.31. The summed E-state index contributed by atoms with van der Waals surface area (Å²) in [6.07, 6.45) is 6.43. The molecule has 37 heavy (non-hydrogen) atoms. The van der Waals surface area contributed by atoms with E-state index < -0.39 is 11.7 Å². The number of amidine groups is 1. The molecule has 2 amide bonds. The Labute approximate surface area is 222 Å². The minimum absolute atomic E-state index is 0.166. The summed E-state index contributed by atoms with van der Waals surface area (Å²) >= 11 is 6.69. The number of halogens is 1. The Kier molecular flexibility index (Phi) is 8.65. The minimum Gasteiger partial charge on any atom is -0.444 e. The Morgan fingerprint density at radius 1 is 1.30 bits per heavy atom. The normalized spacial score (nSPS) is 16.1. The predicted octanol–water partition coefficient (Wildman–Crippen LogP) is 5.73. The maximum absolute atomic E-state index is 13.7. The molecular formula is C28H32ClN5O3. The van der Waals surface area contributed by atoms with Crippen molar-refractivity contribution in [3.63, 3.8) is 0 Å². The molecule has 0 atom stereocenters. The molecule has 0 unspecified atom stereocenters. The van der Waals surface area contributed by atoms with Gasteiger partial charge in [-0.2, -0.15) is 0 Å². The average molecular weight is 522 g/mol. The lowest BCUT2D eigenvalue weighted by atomic mass is 9.95. The van der Waals surface area contributed by atoms with E-state index in [1.54, 1.807) is 58.3 Å². The molecule has 2 aromatic rings. The van der Waals surface area contributed by atoms with Gasteiger partial charge in [0, 0.05) is 52.3 Å². The van der Waals surface area contributed by atoms with E-state index in [2.05, 4.69) is 26.9 Å². The molecule has 0 saturated carbocycles. The SMILES string of the molecule is C=C(C)N=C1/C(=C\C)C=C(c2ccc(-c3cncc(C)n3)cc2Cl)C(=O)N1CCNC(=O)OC(C)(C)C. The van der Waals surface area contributed by atoms with Crippen molar-refractivity contribution in [2.24, 2.45) is 4.99 Å². The zero-order valence-corrected chi connectivity index (χ0v) is 22.8. The number of nitrogens with zero attached hydrogens (tertiary/aromatic N) is 4. The summed E-state index contributed by atoms with van der Waals surface area (Å²) in [5.74, 6) is 0.166. The standard InChI is InChI=1S/C28H32ClN5O3/c1-8-19-13-22(21-10-9-20(14-23(21)29)24-16-30-15-18(4)33-24)26(35)34(25(19)32-17(2)3)12-11-31-27(36)37-28(5,6)7/h8-10,13-16H,2,11-12H2,1,3-7H3,(H,31,36)/b19-8-,32-25?. The first-order chi connectivity index (χ1) is 17.4. The van der Waals surface area contributed by atoms with Crippen molar-refractivity contribution >= 4 is 35.0 Å². The number of benzene rings is 1. The van der Waals surface area contributed by atoms with Crippen LogP contribution >= 0.6 is 11.6 Å². The van der Waals surface area contributed by atoms with Gasteiger partial charge < -0.3 is 10.1 Å². The van der Waals surface area contributed by atoms with Crippen LogP contribution in [0.2, 0.25) is 5.02 Å². The maximum Gasteiger partial charge on any atom is 0.407 e. The monoisotopic (exact) mass is 521 g/mol. The zero-order chi connectivity index (χ0) is 27.3. The molecule has 194 valence electrons. The molecule has 0 fully saturated rings. The van der Waals surface area contributed by atoms with Gasteiger partial charge in [0.2, 0.25) is 0 Å². The number of amides is 2. The lowest BCUT2D eigenvalue weighted by molar-refractivity contribution is -0.121. The van der Waals surface area contributed by atoms with Gasteiger partial charge in [0.05, 0.1) is 17.6 Å². The number of alkyl carbamates (subject to hydrolysis) is 1.